The van der Waals surface area contributed by atoms with Crippen molar-refractivity contribution in [3.63, 3.8) is 0 Å². The van der Waals surface area contributed by atoms with Gasteiger partial charge in [-0.15, -0.1) is 11.2 Å². The first-order valence-corrected chi connectivity index (χ1v) is 11.7. The first kappa shape index (κ1) is 16.2. The molecule has 0 bridgehead atoms. The zero-order valence-electron chi connectivity index (χ0n) is 17.8. The van der Waals surface area contributed by atoms with Crippen LogP contribution in [0.5, 0.6) is 0 Å². The minimum absolute atomic E-state index is 0.316. The smallest absolute Gasteiger partial charge is 0.287 e. The van der Waals surface area contributed by atoms with Crippen LogP contribution >= 0.6 is 0 Å². The Bertz CT molecular complexity index is 1590. The Hall–Kier alpha value is -3.52. The highest BCUT2D eigenvalue weighted by atomic mass is 15.4. The molecule has 3 aromatic rings. The van der Waals surface area contributed by atoms with Crippen molar-refractivity contribution in [1.82, 2.24) is 0 Å². The third-order valence-electron chi connectivity index (χ3n) is 8.71. The van der Waals surface area contributed by atoms with Crippen molar-refractivity contribution < 1.29 is 9.15 Å². The molecule has 0 saturated carbocycles. The van der Waals surface area contributed by atoms with Gasteiger partial charge in [0.1, 0.15) is 17.3 Å². The van der Waals surface area contributed by atoms with Crippen molar-refractivity contribution in [2.45, 2.75) is 37.3 Å². The number of hydrogen-bond acceptors (Lipinski definition) is 0. The Labute approximate surface area is 187 Å². The molecule has 2 atom stereocenters. The van der Waals surface area contributed by atoms with Crippen molar-refractivity contribution in [2.24, 2.45) is 0 Å². The quantitative estimate of drug-likeness (QED) is 0.295. The molecule has 9 rings (SSSR count). The minimum Gasteiger partial charge on any atom is -0.287 e. The van der Waals surface area contributed by atoms with Gasteiger partial charge in [-0.3, -0.25) is 4.58 Å². The summed E-state index contributed by atoms with van der Waals surface area (Å²) < 4.78 is 5.06. The average molecular weight is 410 g/mol. The van der Waals surface area contributed by atoms with Gasteiger partial charge in [0, 0.05) is 18.0 Å². The fourth-order valence-electron chi connectivity index (χ4n) is 7.75. The summed E-state index contributed by atoms with van der Waals surface area (Å²) in [7, 11) is 0. The lowest BCUT2D eigenvalue weighted by atomic mass is 9.60. The number of hydrogen-bond donors (Lipinski definition) is 0. The third kappa shape index (κ3) is 1.49. The molecular formula is C30H21N2+. The zero-order chi connectivity index (χ0) is 20.8. The van der Waals surface area contributed by atoms with Gasteiger partial charge in [0.2, 0.25) is 0 Å². The van der Waals surface area contributed by atoms with Gasteiger partial charge in [-0.1, -0.05) is 54.6 Å². The fraction of sp³-hybridized carbons (Fsp3) is 0.200. The van der Waals surface area contributed by atoms with E-state index in [2.05, 4.69) is 82.6 Å². The number of rotatable bonds is 0. The molecular weight excluding hydrogens is 388 g/mol. The maximum atomic E-state index is 4.56. The standard InChI is InChI=1S/C30H21N2/c1-17-13-21-10-9-19-14-18-5-2-3-7-24(18)27-25-8-4-6-20-15-22-11-12-23-16-31(17)30(28(20)25,32(22)23)29(21)26(19)27/h2-11,27H,1,12-15H2/q+1. The van der Waals surface area contributed by atoms with Crippen molar-refractivity contribution in [3.05, 3.63) is 129 Å². The summed E-state index contributed by atoms with van der Waals surface area (Å²) >= 11 is 0. The minimum atomic E-state index is -0.333. The lowest BCUT2D eigenvalue weighted by Crippen LogP contribution is -2.55. The Balaban J connectivity index is 1.55. The molecule has 0 saturated heterocycles. The molecule has 32 heavy (non-hydrogen) atoms. The van der Waals surface area contributed by atoms with Crippen LogP contribution in [0.2, 0.25) is 0 Å². The Morgan fingerprint density at radius 2 is 1.62 bits per heavy atom. The molecule has 0 aromatic heterocycles. The van der Waals surface area contributed by atoms with Crippen molar-refractivity contribution in [3.8, 4) is 0 Å². The van der Waals surface area contributed by atoms with Crippen LogP contribution in [0.15, 0.2) is 78.6 Å². The largest absolute Gasteiger partial charge is 0.385 e. The van der Waals surface area contributed by atoms with E-state index in [1.165, 1.54) is 55.9 Å². The van der Waals surface area contributed by atoms with Crippen molar-refractivity contribution >= 4 is 11.9 Å². The summed E-state index contributed by atoms with van der Waals surface area (Å²) in [6.45, 7) is 4.56. The normalized spacial score (nSPS) is 26.4. The predicted octanol–water partition coefficient (Wildman–Crippen LogP) is 4.63. The maximum absolute atomic E-state index is 4.56. The molecule has 2 nitrogen and oxygen atoms in total. The molecule has 150 valence electrons. The van der Waals surface area contributed by atoms with E-state index >= 15 is 0 Å². The number of benzene rings is 3. The van der Waals surface area contributed by atoms with Gasteiger partial charge in [-0.25, -0.2) is 0 Å². The Kier molecular flexibility index (Phi) is 2.49. The average Bonchev–Trinajstić information content (AvgIpc) is 3.38. The van der Waals surface area contributed by atoms with E-state index < -0.39 is 0 Å². The Morgan fingerprint density at radius 3 is 2.59 bits per heavy atom. The molecule has 0 amide bonds. The first-order chi connectivity index (χ1) is 15.8. The number of allylic oxidation sites excluding steroid dienone is 3. The molecule has 2 unspecified atom stereocenters. The maximum Gasteiger partial charge on any atom is 0.385 e. The van der Waals surface area contributed by atoms with Crippen molar-refractivity contribution in [2.75, 3.05) is 0 Å². The van der Waals surface area contributed by atoms with Crippen LogP contribution in [0.4, 0.5) is 0 Å². The van der Waals surface area contributed by atoms with Gasteiger partial charge in [0.15, 0.2) is 11.4 Å². The van der Waals surface area contributed by atoms with Crippen LogP contribution in [0.1, 0.15) is 62.4 Å². The number of nitrogens with zero attached hydrogens (tertiary/aromatic N) is 2. The van der Waals surface area contributed by atoms with E-state index in [1.807, 2.05) is 0 Å². The SMILES string of the molecule is C=C1Cc2ccc3c4c2C25c6c(cccc6C4c4ccccc4C3)CC3=CCC(=[N+]32)[C-]=[N+]15. The van der Waals surface area contributed by atoms with E-state index in [1.54, 1.807) is 5.56 Å². The van der Waals surface area contributed by atoms with E-state index in [4.69, 9.17) is 0 Å². The van der Waals surface area contributed by atoms with Gasteiger partial charge in [-0.2, -0.15) is 0 Å². The monoisotopic (exact) mass is 409 g/mol. The molecule has 4 heterocycles. The van der Waals surface area contributed by atoms with Gasteiger partial charge in [0.25, 0.3) is 0 Å². The molecule has 2 aliphatic carbocycles. The first-order valence-electron chi connectivity index (χ1n) is 11.7. The second-order valence-electron chi connectivity index (χ2n) is 10.1. The lowest BCUT2D eigenvalue weighted by molar-refractivity contribution is -0.781. The summed E-state index contributed by atoms with van der Waals surface area (Å²) in [4.78, 5) is 0. The second kappa shape index (κ2) is 4.94. The van der Waals surface area contributed by atoms with E-state index in [0.717, 1.165) is 31.4 Å². The lowest BCUT2D eigenvalue weighted by Gasteiger charge is -2.47. The van der Waals surface area contributed by atoms with Crippen LogP contribution in [-0.2, 0) is 24.9 Å². The summed E-state index contributed by atoms with van der Waals surface area (Å²) in [5.74, 6) is 0.316. The predicted molar refractivity (Wildman–Crippen MR) is 124 cm³/mol. The van der Waals surface area contributed by atoms with Crippen LogP contribution < -0.4 is 0 Å². The third-order valence-corrected chi connectivity index (χ3v) is 8.71. The molecule has 2 heteroatoms. The molecule has 0 N–H and O–H groups in total. The highest BCUT2D eigenvalue weighted by molar-refractivity contribution is 6.28. The van der Waals surface area contributed by atoms with E-state index in [9.17, 15) is 0 Å². The van der Waals surface area contributed by atoms with E-state index in [-0.39, 0.29) is 5.66 Å². The summed E-state index contributed by atoms with van der Waals surface area (Å²) in [5.41, 5.74) is 17.0. The van der Waals surface area contributed by atoms with Crippen LogP contribution in [0, 0.1) is 0 Å². The molecule has 1 spiro atoms. The fourth-order valence-corrected chi connectivity index (χ4v) is 7.75. The number of fused-ring (bicyclic) bond motifs is 3. The second-order valence-corrected chi connectivity index (χ2v) is 10.1. The summed E-state index contributed by atoms with van der Waals surface area (Å²) in [6, 6.07) is 21.0. The van der Waals surface area contributed by atoms with Crippen LogP contribution in [0.25, 0.3) is 0 Å². The highest BCUT2D eigenvalue weighted by Crippen LogP contribution is 2.61. The molecule has 0 radical (unpaired) electrons. The van der Waals surface area contributed by atoms with Gasteiger partial charge >= 0.3 is 5.66 Å². The Morgan fingerprint density at radius 1 is 0.812 bits per heavy atom. The molecule has 6 aliphatic rings. The summed E-state index contributed by atoms with van der Waals surface area (Å²) in [6.07, 6.45) is 10.2. The van der Waals surface area contributed by atoms with Gasteiger partial charge in [-0.05, 0) is 57.9 Å². The van der Waals surface area contributed by atoms with E-state index in [0.29, 0.717) is 5.92 Å². The zero-order valence-corrected chi connectivity index (χ0v) is 17.8. The summed E-state index contributed by atoms with van der Waals surface area (Å²) in [5, 5.41) is 0. The van der Waals surface area contributed by atoms with Crippen molar-refractivity contribution in [1.29, 1.82) is 0 Å². The molecule has 4 aliphatic heterocycles. The molecule has 0 fully saturated rings. The van der Waals surface area contributed by atoms with Crippen LogP contribution in [-0.4, -0.2) is 21.1 Å². The topological polar surface area (TPSA) is 6.02 Å². The van der Waals surface area contributed by atoms with Gasteiger partial charge < -0.3 is 0 Å². The molecule has 3 aromatic carbocycles. The van der Waals surface area contributed by atoms with Gasteiger partial charge in [0.05, 0.1) is 6.42 Å². The highest BCUT2D eigenvalue weighted by Gasteiger charge is 2.69. The van der Waals surface area contributed by atoms with Crippen LogP contribution in [0.3, 0.4) is 0 Å².